The van der Waals surface area contributed by atoms with E-state index in [1.807, 2.05) is 18.2 Å². The van der Waals surface area contributed by atoms with E-state index in [0.29, 0.717) is 10.7 Å². The molecule has 2 rings (SSSR count). The van der Waals surface area contributed by atoms with Crippen molar-refractivity contribution in [2.24, 2.45) is 5.92 Å². The average molecular weight is 290 g/mol. The molecular formula is C12H14BrClO. The van der Waals surface area contributed by atoms with Gasteiger partial charge in [-0.1, -0.05) is 39.7 Å². The average Bonchev–Trinajstić information content (AvgIpc) is 2.22. The topological polar surface area (TPSA) is 9.23 Å². The quantitative estimate of drug-likeness (QED) is 0.755. The van der Waals surface area contributed by atoms with E-state index in [-0.39, 0.29) is 0 Å². The van der Waals surface area contributed by atoms with Crippen LogP contribution in [0.2, 0.25) is 5.02 Å². The molecule has 1 nitrogen and oxygen atoms in total. The maximum Gasteiger partial charge on any atom is 0.0508 e. The number of ether oxygens (including phenoxy) is 1. The lowest BCUT2D eigenvalue weighted by atomic mass is 9.94. The highest BCUT2D eigenvalue weighted by Gasteiger charge is 2.23. The second-order valence-corrected chi connectivity index (χ2v) is 5.59. The fraction of sp³-hybridized carbons (Fsp3) is 0.500. The molecular weight excluding hydrogens is 275 g/mol. The van der Waals surface area contributed by atoms with Crippen molar-refractivity contribution in [3.63, 3.8) is 0 Å². The fourth-order valence-corrected chi connectivity index (χ4v) is 2.66. The Labute approximate surface area is 104 Å². The molecule has 82 valence electrons. The van der Waals surface area contributed by atoms with Crippen molar-refractivity contribution < 1.29 is 4.74 Å². The van der Waals surface area contributed by atoms with E-state index in [1.165, 1.54) is 5.56 Å². The van der Waals surface area contributed by atoms with Crippen LogP contribution in [-0.2, 0) is 11.2 Å². The second-order valence-electron chi connectivity index (χ2n) is 3.97. The van der Waals surface area contributed by atoms with Gasteiger partial charge in [0.1, 0.15) is 0 Å². The van der Waals surface area contributed by atoms with Gasteiger partial charge in [0.15, 0.2) is 0 Å². The summed E-state index contributed by atoms with van der Waals surface area (Å²) in [6.07, 6.45) is 2.14. The summed E-state index contributed by atoms with van der Waals surface area (Å²) in [6, 6.07) is 8.08. The third kappa shape index (κ3) is 3.20. The summed E-state index contributed by atoms with van der Waals surface area (Å²) in [5, 5.41) is 0.815. The lowest BCUT2D eigenvalue weighted by Crippen LogP contribution is -2.29. The van der Waals surface area contributed by atoms with Gasteiger partial charge in [-0.15, -0.1) is 0 Å². The SMILES string of the molecule is Clc1cccc(CC2COCCC2Br)c1. The summed E-state index contributed by atoms with van der Waals surface area (Å²) in [4.78, 5) is 0.574. The first kappa shape index (κ1) is 11.4. The van der Waals surface area contributed by atoms with Crippen molar-refractivity contribution in [3.8, 4) is 0 Å². The van der Waals surface area contributed by atoms with Gasteiger partial charge < -0.3 is 4.74 Å². The van der Waals surface area contributed by atoms with Gasteiger partial charge in [0.25, 0.3) is 0 Å². The van der Waals surface area contributed by atoms with E-state index in [9.17, 15) is 0 Å². The van der Waals surface area contributed by atoms with E-state index < -0.39 is 0 Å². The molecule has 1 aliphatic heterocycles. The van der Waals surface area contributed by atoms with Crippen LogP contribution in [0.4, 0.5) is 0 Å². The second kappa shape index (κ2) is 5.33. The van der Waals surface area contributed by atoms with Crippen LogP contribution in [0, 0.1) is 5.92 Å². The van der Waals surface area contributed by atoms with Gasteiger partial charge in [0, 0.05) is 16.5 Å². The van der Waals surface area contributed by atoms with Gasteiger partial charge in [-0.3, -0.25) is 0 Å². The standard InChI is InChI=1S/C12H14BrClO/c13-12-4-5-15-8-10(12)6-9-2-1-3-11(14)7-9/h1-3,7,10,12H,4-6,8H2. The summed E-state index contributed by atoms with van der Waals surface area (Å²) < 4.78 is 5.49. The molecule has 1 aromatic carbocycles. The molecule has 0 saturated carbocycles. The Morgan fingerprint density at radius 1 is 1.47 bits per heavy atom. The molecule has 2 unspecified atom stereocenters. The Kier molecular flexibility index (Phi) is 4.06. The van der Waals surface area contributed by atoms with E-state index >= 15 is 0 Å². The fourth-order valence-electron chi connectivity index (χ4n) is 1.92. The van der Waals surface area contributed by atoms with Crippen LogP contribution in [0.5, 0.6) is 0 Å². The highest BCUT2D eigenvalue weighted by molar-refractivity contribution is 9.09. The van der Waals surface area contributed by atoms with Gasteiger partial charge in [-0.25, -0.2) is 0 Å². The maximum atomic E-state index is 5.96. The number of benzene rings is 1. The smallest absolute Gasteiger partial charge is 0.0508 e. The maximum absolute atomic E-state index is 5.96. The molecule has 1 aromatic rings. The molecule has 0 bridgehead atoms. The van der Waals surface area contributed by atoms with Gasteiger partial charge in [0.2, 0.25) is 0 Å². The van der Waals surface area contributed by atoms with Crippen molar-refractivity contribution in [1.29, 1.82) is 0 Å². The number of halogens is 2. The van der Waals surface area contributed by atoms with Crippen LogP contribution in [0.1, 0.15) is 12.0 Å². The van der Waals surface area contributed by atoms with E-state index in [1.54, 1.807) is 0 Å². The molecule has 0 aromatic heterocycles. The lowest BCUT2D eigenvalue weighted by molar-refractivity contribution is 0.0605. The van der Waals surface area contributed by atoms with Crippen LogP contribution in [-0.4, -0.2) is 18.0 Å². The number of hydrogen-bond acceptors (Lipinski definition) is 1. The summed E-state index contributed by atoms with van der Waals surface area (Å²) in [5.41, 5.74) is 1.29. The van der Waals surface area contributed by atoms with Crippen molar-refractivity contribution in [2.75, 3.05) is 13.2 Å². The number of hydrogen-bond donors (Lipinski definition) is 0. The zero-order chi connectivity index (χ0) is 10.7. The predicted octanol–water partition coefficient (Wildman–Crippen LogP) is 3.68. The minimum atomic E-state index is 0.567. The minimum Gasteiger partial charge on any atom is -0.381 e. The molecule has 1 fully saturated rings. The van der Waals surface area contributed by atoms with Crippen molar-refractivity contribution in [1.82, 2.24) is 0 Å². The highest BCUT2D eigenvalue weighted by atomic mass is 79.9. The van der Waals surface area contributed by atoms with E-state index in [0.717, 1.165) is 31.1 Å². The molecule has 1 heterocycles. The van der Waals surface area contributed by atoms with Gasteiger partial charge >= 0.3 is 0 Å². The van der Waals surface area contributed by atoms with Crippen molar-refractivity contribution >= 4 is 27.5 Å². The molecule has 0 amide bonds. The Morgan fingerprint density at radius 2 is 2.33 bits per heavy atom. The molecule has 0 spiro atoms. The van der Waals surface area contributed by atoms with E-state index in [4.69, 9.17) is 16.3 Å². The lowest BCUT2D eigenvalue weighted by Gasteiger charge is -2.27. The molecule has 3 heteroatoms. The summed E-state index contributed by atoms with van der Waals surface area (Å²) >= 11 is 9.67. The number of rotatable bonds is 2. The summed E-state index contributed by atoms with van der Waals surface area (Å²) in [6.45, 7) is 1.73. The first-order valence-corrected chi connectivity index (χ1v) is 6.51. The molecule has 1 saturated heterocycles. The Bertz CT molecular complexity index is 329. The molecule has 0 radical (unpaired) electrons. The minimum absolute atomic E-state index is 0.567. The molecule has 0 N–H and O–H groups in total. The Hall–Kier alpha value is -0.0500. The first-order valence-electron chi connectivity index (χ1n) is 5.22. The van der Waals surface area contributed by atoms with Crippen LogP contribution >= 0.6 is 27.5 Å². The van der Waals surface area contributed by atoms with Crippen LogP contribution in [0.3, 0.4) is 0 Å². The monoisotopic (exact) mass is 288 g/mol. The largest absolute Gasteiger partial charge is 0.381 e. The zero-order valence-corrected chi connectivity index (χ0v) is 10.8. The molecule has 2 atom stereocenters. The van der Waals surface area contributed by atoms with Gasteiger partial charge in [0.05, 0.1) is 6.61 Å². The third-order valence-corrected chi connectivity index (χ3v) is 4.21. The zero-order valence-electron chi connectivity index (χ0n) is 8.46. The van der Waals surface area contributed by atoms with Crippen molar-refractivity contribution in [3.05, 3.63) is 34.9 Å². The molecule has 1 aliphatic rings. The molecule has 15 heavy (non-hydrogen) atoms. The van der Waals surface area contributed by atoms with Gasteiger partial charge in [-0.05, 0) is 36.5 Å². The third-order valence-electron chi connectivity index (χ3n) is 2.77. The van der Waals surface area contributed by atoms with Crippen LogP contribution < -0.4 is 0 Å². The van der Waals surface area contributed by atoms with E-state index in [2.05, 4.69) is 22.0 Å². The Morgan fingerprint density at radius 3 is 3.07 bits per heavy atom. The molecule has 0 aliphatic carbocycles. The summed E-state index contributed by atoms with van der Waals surface area (Å²) in [5.74, 6) is 0.567. The van der Waals surface area contributed by atoms with Crippen LogP contribution in [0.15, 0.2) is 24.3 Å². The summed E-state index contributed by atoms with van der Waals surface area (Å²) in [7, 11) is 0. The van der Waals surface area contributed by atoms with Gasteiger partial charge in [-0.2, -0.15) is 0 Å². The normalized spacial score (nSPS) is 26.5. The highest BCUT2D eigenvalue weighted by Crippen LogP contribution is 2.26. The predicted molar refractivity (Wildman–Crippen MR) is 66.8 cm³/mol. The Balaban J connectivity index is 2.01. The first-order chi connectivity index (χ1) is 7.25. The van der Waals surface area contributed by atoms with Crippen LogP contribution in [0.25, 0.3) is 0 Å². The number of alkyl halides is 1. The van der Waals surface area contributed by atoms with Crippen molar-refractivity contribution in [2.45, 2.75) is 17.7 Å².